The molecule has 0 aliphatic carbocycles. The Hall–Kier alpha value is -4.24. The molecule has 4 heterocycles. The van der Waals surface area contributed by atoms with Gasteiger partial charge in [-0.25, -0.2) is 9.97 Å². The van der Waals surface area contributed by atoms with Gasteiger partial charge in [0, 0.05) is 72.6 Å². The number of benzene rings is 1. The van der Waals surface area contributed by atoms with Gasteiger partial charge in [0.05, 0.1) is 11.9 Å². The van der Waals surface area contributed by atoms with E-state index in [4.69, 9.17) is 11.5 Å². The molecule has 0 radical (unpaired) electrons. The first-order valence-electron chi connectivity index (χ1n) is 10.3. The molecule has 5 N–H and O–H groups in total. The number of para-hydroxylation sites is 1. The number of rotatable bonds is 6. The largest absolute Gasteiger partial charge is 0.368 e. The summed E-state index contributed by atoms with van der Waals surface area (Å²) in [5, 5.41) is 5.20. The van der Waals surface area contributed by atoms with Gasteiger partial charge in [0.25, 0.3) is 0 Å². The van der Waals surface area contributed by atoms with E-state index in [0.717, 1.165) is 33.4 Å². The number of nitrogens with zero attached hydrogens (tertiary/aromatic N) is 6. The zero-order valence-electron chi connectivity index (χ0n) is 17.6. The Bertz CT molecular complexity index is 1370. The lowest BCUT2D eigenvalue weighted by Crippen LogP contribution is -2.26. The number of anilines is 3. The van der Waals surface area contributed by atoms with Crippen LogP contribution in [0.4, 0.5) is 17.5 Å². The van der Waals surface area contributed by atoms with Gasteiger partial charge in [-0.2, -0.15) is 10.1 Å². The van der Waals surface area contributed by atoms with Crippen LogP contribution in [0.15, 0.2) is 67.3 Å². The highest BCUT2D eigenvalue weighted by molar-refractivity contribution is 5.95. The van der Waals surface area contributed by atoms with Crippen LogP contribution < -0.4 is 16.4 Å². The van der Waals surface area contributed by atoms with Crippen molar-refractivity contribution in [3.63, 3.8) is 0 Å². The number of nitrogens with one attached hydrogen (secondary N) is 1. The summed E-state index contributed by atoms with van der Waals surface area (Å²) >= 11 is 0. The Balaban J connectivity index is 1.61. The maximum atomic E-state index is 6.13. The van der Waals surface area contributed by atoms with E-state index in [0.29, 0.717) is 24.6 Å². The van der Waals surface area contributed by atoms with Gasteiger partial charge in [0.2, 0.25) is 5.95 Å². The molecule has 9 heteroatoms. The molecule has 0 saturated heterocycles. The van der Waals surface area contributed by atoms with Crippen LogP contribution in [0.25, 0.3) is 33.4 Å². The van der Waals surface area contributed by atoms with Crippen LogP contribution in [-0.4, -0.2) is 42.8 Å². The van der Waals surface area contributed by atoms with Gasteiger partial charge in [-0.3, -0.25) is 4.68 Å². The van der Waals surface area contributed by atoms with Crippen molar-refractivity contribution in [2.24, 2.45) is 12.8 Å². The van der Waals surface area contributed by atoms with Crippen molar-refractivity contribution in [3.8, 4) is 22.4 Å². The highest BCUT2D eigenvalue weighted by Crippen LogP contribution is 2.33. The second kappa shape index (κ2) is 8.12. The van der Waals surface area contributed by atoms with E-state index in [1.807, 2.05) is 73.1 Å². The summed E-state index contributed by atoms with van der Waals surface area (Å²) in [6, 6.07) is 14.0. The lowest BCUT2D eigenvalue weighted by Gasteiger charge is -2.23. The third kappa shape index (κ3) is 3.65. The highest BCUT2D eigenvalue weighted by atomic mass is 15.2. The van der Waals surface area contributed by atoms with Crippen molar-refractivity contribution in [3.05, 3.63) is 67.3 Å². The number of hydrogen-bond acceptors (Lipinski definition) is 7. The minimum absolute atomic E-state index is 0.196. The number of aryl methyl sites for hydroxylation is 1. The van der Waals surface area contributed by atoms with Crippen LogP contribution in [0.5, 0.6) is 0 Å². The van der Waals surface area contributed by atoms with Crippen molar-refractivity contribution in [1.29, 1.82) is 0 Å². The zero-order chi connectivity index (χ0) is 22.1. The molecular formula is C23H23N9. The van der Waals surface area contributed by atoms with Crippen LogP contribution in [-0.2, 0) is 7.05 Å². The van der Waals surface area contributed by atoms with Crippen LogP contribution in [0.3, 0.4) is 0 Å². The Morgan fingerprint density at radius 1 is 1.06 bits per heavy atom. The monoisotopic (exact) mass is 425 g/mol. The summed E-state index contributed by atoms with van der Waals surface area (Å²) in [7, 11) is 1.89. The van der Waals surface area contributed by atoms with Crippen LogP contribution in [0.1, 0.15) is 0 Å². The van der Waals surface area contributed by atoms with Gasteiger partial charge < -0.3 is 21.4 Å². The molecule has 0 saturated carbocycles. The third-order valence-corrected chi connectivity index (χ3v) is 5.27. The lowest BCUT2D eigenvalue weighted by atomic mass is 10.1. The first kappa shape index (κ1) is 19.7. The van der Waals surface area contributed by atoms with E-state index in [9.17, 15) is 0 Å². The number of fused-ring (bicyclic) bond motifs is 1. The van der Waals surface area contributed by atoms with E-state index < -0.39 is 0 Å². The predicted octanol–water partition coefficient (Wildman–Crippen LogP) is 3.10. The number of nitrogens with two attached hydrogens (primary N) is 2. The molecule has 0 atom stereocenters. The Labute approximate surface area is 184 Å². The minimum Gasteiger partial charge on any atom is -0.368 e. The number of hydrogen-bond donors (Lipinski definition) is 3. The maximum Gasteiger partial charge on any atom is 0.222 e. The molecule has 0 aliphatic rings. The summed E-state index contributed by atoms with van der Waals surface area (Å²) in [4.78, 5) is 18.8. The summed E-state index contributed by atoms with van der Waals surface area (Å²) in [6.07, 6.45) is 7.50. The summed E-state index contributed by atoms with van der Waals surface area (Å²) in [6.45, 7) is 1.07. The fourth-order valence-electron chi connectivity index (χ4n) is 3.79. The van der Waals surface area contributed by atoms with Gasteiger partial charge >= 0.3 is 0 Å². The fraction of sp³-hybridized carbons (Fsp3) is 0.130. The van der Waals surface area contributed by atoms with Crippen LogP contribution >= 0.6 is 0 Å². The number of aromatic amines is 1. The molecule has 9 nitrogen and oxygen atoms in total. The van der Waals surface area contributed by atoms with Crippen molar-refractivity contribution >= 4 is 28.5 Å². The molecular weight excluding hydrogens is 402 g/mol. The molecule has 0 unspecified atom stereocenters. The molecule has 0 fully saturated rings. The minimum atomic E-state index is 0.196. The zero-order valence-corrected chi connectivity index (χ0v) is 17.6. The van der Waals surface area contributed by atoms with Crippen LogP contribution in [0, 0.1) is 0 Å². The molecule has 5 rings (SSSR count). The predicted molar refractivity (Wildman–Crippen MR) is 126 cm³/mol. The Morgan fingerprint density at radius 3 is 2.66 bits per heavy atom. The van der Waals surface area contributed by atoms with Gasteiger partial charge in [-0.05, 0) is 18.2 Å². The van der Waals surface area contributed by atoms with E-state index in [-0.39, 0.29) is 5.95 Å². The van der Waals surface area contributed by atoms with Gasteiger partial charge in [0.1, 0.15) is 11.5 Å². The van der Waals surface area contributed by atoms with E-state index >= 15 is 0 Å². The standard InChI is InChI=1S/C23H23N9/c1-31-14-16(12-28-31)15-9-18-19(13-27-22(18)26-11-15)20-10-21(30-23(25)29-20)32(8-7-24)17-5-3-2-4-6-17/h2-6,9-14H,7-8,24H2,1H3,(H,26,27)(H2,25,29,30). The van der Waals surface area contributed by atoms with Gasteiger partial charge in [-0.15, -0.1) is 0 Å². The molecule has 160 valence electrons. The average Bonchev–Trinajstić information content (AvgIpc) is 3.43. The summed E-state index contributed by atoms with van der Waals surface area (Å²) in [5.41, 5.74) is 17.4. The molecule has 1 aromatic carbocycles. The second-order valence-corrected chi connectivity index (χ2v) is 7.47. The smallest absolute Gasteiger partial charge is 0.222 e. The molecule has 0 amide bonds. The summed E-state index contributed by atoms with van der Waals surface area (Å²) in [5.74, 6) is 0.885. The molecule has 4 aromatic heterocycles. The number of nitrogen functional groups attached to an aromatic ring is 1. The number of aromatic nitrogens is 6. The van der Waals surface area contributed by atoms with Gasteiger partial charge in [0.15, 0.2) is 0 Å². The van der Waals surface area contributed by atoms with Crippen LogP contribution in [0.2, 0.25) is 0 Å². The quantitative estimate of drug-likeness (QED) is 0.381. The molecule has 0 bridgehead atoms. The number of pyridine rings is 1. The maximum absolute atomic E-state index is 6.13. The normalized spacial score (nSPS) is 11.2. The Kier molecular flexibility index (Phi) is 5.00. The third-order valence-electron chi connectivity index (χ3n) is 5.27. The van der Waals surface area contributed by atoms with Crippen molar-refractivity contribution in [2.45, 2.75) is 0 Å². The van der Waals surface area contributed by atoms with E-state index in [2.05, 4.69) is 31.1 Å². The molecule has 5 aromatic rings. The first-order valence-corrected chi connectivity index (χ1v) is 10.3. The van der Waals surface area contributed by atoms with Crippen molar-refractivity contribution in [1.82, 2.24) is 29.7 Å². The topological polar surface area (TPSA) is 128 Å². The highest BCUT2D eigenvalue weighted by Gasteiger charge is 2.16. The fourth-order valence-corrected chi connectivity index (χ4v) is 3.79. The molecule has 0 spiro atoms. The van der Waals surface area contributed by atoms with E-state index in [1.54, 1.807) is 4.68 Å². The van der Waals surface area contributed by atoms with Crippen molar-refractivity contribution in [2.75, 3.05) is 23.7 Å². The molecule has 0 aliphatic heterocycles. The molecule has 32 heavy (non-hydrogen) atoms. The summed E-state index contributed by atoms with van der Waals surface area (Å²) < 4.78 is 1.77. The number of H-pyrrole nitrogens is 1. The SMILES string of the molecule is Cn1cc(-c2cnc3[nH]cc(-c4cc(N(CCN)c5ccccc5)nc(N)n4)c3c2)cn1. The second-order valence-electron chi connectivity index (χ2n) is 7.47. The lowest BCUT2D eigenvalue weighted by molar-refractivity contribution is 0.768. The first-order chi connectivity index (χ1) is 15.6. The van der Waals surface area contributed by atoms with Crippen molar-refractivity contribution < 1.29 is 0 Å². The van der Waals surface area contributed by atoms with E-state index in [1.165, 1.54) is 0 Å². The average molecular weight is 426 g/mol. The van der Waals surface area contributed by atoms with Gasteiger partial charge in [-0.1, -0.05) is 18.2 Å². The Morgan fingerprint density at radius 2 is 1.91 bits per heavy atom.